The normalized spacial score (nSPS) is 10.6. The molecule has 102 valence electrons. The van der Waals surface area contributed by atoms with Crippen LogP contribution in [0.25, 0.3) is 0 Å². The molecule has 0 unspecified atom stereocenters. The molecule has 4 nitrogen and oxygen atoms in total. The molecule has 0 aliphatic rings. The van der Waals surface area contributed by atoms with Crippen molar-refractivity contribution in [3.05, 3.63) is 28.8 Å². The average Bonchev–Trinajstić information content (AvgIpc) is 2.29. The van der Waals surface area contributed by atoms with Gasteiger partial charge in [0.1, 0.15) is 5.75 Å². The molecular formula is C11H7F4NO3. The van der Waals surface area contributed by atoms with Crippen LogP contribution < -0.4 is 4.74 Å². The second-order valence-electron chi connectivity index (χ2n) is 3.40. The average molecular weight is 277 g/mol. The molecular weight excluding hydrogens is 270 g/mol. The Labute approximate surface area is 104 Å². The molecule has 0 aliphatic heterocycles. The number of nitrogens with zero attached hydrogens (tertiary/aromatic N) is 1. The minimum Gasteiger partial charge on any atom is -0.481 e. The Kier molecular flexibility index (Phi) is 4.69. The van der Waals surface area contributed by atoms with Crippen molar-refractivity contribution in [2.75, 3.05) is 0 Å². The van der Waals surface area contributed by atoms with Crippen molar-refractivity contribution in [2.24, 2.45) is 0 Å². The van der Waals surface area contributed by atoms with Gasteiger partial charge in [0.25, 0.3) is 6.43 Å². The van der Waals surface area contributed by atoms with Crippen molar-refractivity contribution in [3.8, 4) is 11.8 Å². The van der Waals surface area contributed by atoms with E-state index in [2.05, 4.69) is 4.74 Å². The quantitative estimate of drug-likeness (QED) is 0.840. The van der Waals surface area contributed by atoms with Gasteiger partial charge in [0.2, 0.25) is 0 Å². The highest BCUT2D eigenvalue weighted by Gasteiger charge is 2.22. The summed E-state index contributed by atoms with van der Waals surface area (Å²) in [6.07, 6.45) is -4.02. The molecule has 0 aromatic heterocycles. The molecule has 0 bridgehead atoms. The van der Waals surface area contributed by atoms with Crippen molar-refractivity contribution in [1.82, 2.24) is 0 Å². The zero-order valence-corrected chi connectivity index (χ0v) is 9.24. The second-order valence-corrected chi connectivity index (χ2v) is 3.40. The maximum Gasteiger partial charge on any atom is 0.387 e. The van der Waals surface area contributed by atoms with Crippen molar-refractivity contribution in [1.29, 1.82) is 5.26 Å². The Balaban J connectivity index is 3.42. The summed E-state index contributed by atoms with van der Waals surface area (Å²) in [7, 11) is 0. The van der Waals surface area contributed by atoms with Crippen LogP contribution in [0.1, 0.15) is 23.1 Å². The number of carboxylic acids is 1. The lowest BCUT2D eigenvalue weighted by atomic mass is 10.0. The Morgan fingerprint density at radius 2 is 2.00 bits per heavy atom. The van der Waals surface area contributed by atoms with Crippen molar-refractivity contribution in [3.63, 3.8) is 0 Å². The molecule has 0 heterocycles. The Morgan fingerprint density at radius 1 is 1.37 bits per heavy atom. The number of hydrogen-bond acceptors (Lipinski definition) is 3. The summed E-state index contributed by atoms with van der Waals surface area (Å²) in [5.41, 5.74) is -1.70. The lowest BCUT2D eigenvalue weighted by Gasteiger charge is -2.14. The number of carbonyl (C=O) groups is 1. The number of ether oxygens (including phenoxy) is 1. The van der Waals surface area contributed by atoms with E-state index in [1.807, 2.05) is 0 Å². The molecule has 19 heavy (non-hydrogen) atoms. The van der Waals surface area contributed by atoms with E-state index in [1.165, 1.54) is 6.07 Å². The van der Waals surface area contributed by atoms with Gasteiger partial charge in [-0.1, -0.05) is 0 Å². The summed E-state index contributed by atoms with van der Waals surface area (Å²) < 4.78 is 53.9. The first-order valence-electron chi connectivity index (χ1n) is 4.86. The number of halogens is 4. The molecule has 0 atom stereocenters. The molecule has 0 saturated heterocycles. The molecule has 0 saturated carbocycles. The van der Waals surface area contributed by atoms with Crippen LogP contribution in [-0.2, 0) is 11.2 Å². The summed E-state index contributed by atoms with van der Waals surface area (Å²) in [6.45, 7) is -3.31. The predicted molar refractivity (Wildman–Crippen MR) is 54.1 cm³/mol. The Bertz CT molecular complexity index is 525. The maximum atomic E-state index is 12.8. The van der Waals surface area contributed by atoms with Crippen LogP contribution in [0.4, 0.5) is 17.6 Å². The number of nitriles is 1. The van der Waals surface area contributed by atoms with Gasteiger partial charge in [-0.15, -0.1) is 0 Å². The molecule has 0 fully saturated rings. The SMILES string of the molecule is N#Cc1cc(OC(F)F)c(CC(=O)O)c(C(F)F)c1. The highest BCUT2D eigenvalue weighted by molar-refractivity contribution is 5.72. The standard InChI is InChI=1S/C11H7F4NO3/c12-10(13)7-1-5(4-16)2-8(19-11(14)15)6(7)3-9(17)18/h1-2,10-11H,3H2,(H,17,18). The molecule has 0 amide bonds. The van der Waals surface area contributed by atoms with E-state index in [-0.39, 0.29) is 5.56 Å². The summed E-state index contributed by atoms with van der Waals surface area (Å²) >= 11 is 0. The molecule has 1 aromatic carbocycles. The van der Waals surface area contributed by atoms with Crippen LogP contribution in [0.15, 0.2) is 12.1 Å². The van der Waals surface area contributed by atoms with Crippen LogP contribution in [0.3, 0.4) is 0 Å². The van der Waals surface area contributed by atoms with E-state index >= 15 is 0 Å². The first-order chi connectivity index (χ1) is 8.85. The number of carboxylic acid groups (broad SMARTS) is 1. The number of benzene rings is 1. The smallest absolute Gasteiger partial charge is 0.387 e. The van der Waals surface area contributed by atoms with Crippen molar-refractivity contribution in [2.45, 2.75) is 19.5 Å². The fourth-order valence-corrected chi connectivity index (χ4v) is 1.47. The third-order valence-corrected chi connectivity index (χ3v) is 2.15. The second kappa shape index (κ2) is 6.04. The van der Waals surface area contributed by atoms with E-state index in [0.717, 1.165) is 12.1 Å². The summed E-state index contributed by atoms with van der Waals surface area (Å²) in [5.74, 6) is -2.21. The minimum absolute atomic E-state index is 0.319. The van der Waals surface area contributed by atoms with Crippen LogP contribution >= 0.6 is 0 Å². The molecule has 1 N–H and O–H groups in total. The Morgan fingerprint density at radius 3 is 2.42 bits per heavy atom. The number of alkyl halides is 4. The van der Waals surface area contributed by atoms with E-state index < -0.39 is 42.3 Å². The Hall–Kier alpha value is -2.30. The van der Waals surface area contributed by atoms with Crippen LogP contribution in [-0.4, -0.2) is 17.7 Å². The number of hydrogen-bond donors (Lipinski definition) is 1. The zero-order valence-electron chi connectivity index (χ0n) is 9.24. The molecule has 0 radical (unpaired) electrons. The van der Waals surface area contributed by atoms with Gasteiger partial charge in [-0.25, -0.2) is 8.78 Å². The third kappa shape index (κ3) is 3.84. The highest BCUT2D eigenvalue weighted by Crippen LogP contribution is 2.33. The molecule has 1 aromatic rings. The lowest BCUT2D eigenvalue weighted by Crippen LogP contribution is -2.11. The van der Waals surface area contributed by atoms with Crippen molar-refractivity contribution >= 4 is 5.97 Å². The molecule has 1 rings (SSSR count). The van der Waals surface area contributed by atoms with E-state index in [4.69, 9.17) is 10.4 Å². The maximum absolute atomic E-state index is 12.8. The van der Waals surface area contributed by atoms with Gasteiger partial charge in [-0.3, -0.25) is 4.79 Å². The summed E-state index contributed by atoms with van der Waals surface area (Å²) in [6, 6.07) is 3.06. The molecule has 0 aliphatic carbocycles. The van der Waals surface area contributed by atoms with Crippen LogP contribution in [0.2, 0.25) is 0 Å². The number of aliphatic carboxylic acids is 1. The fraction of sp³-hybridized carbons (Fsp3) is 0.273. The highest BCUT2D eigenvalue weighted by atomic mass is 19.3. The monoisotopic (exact) mass is 277 g/mol. The van der Waals surface area contributed by atoms with Gasteiger partial charge < -0.3 is 9.84 Å². The first-order valence-corrected chi connectivity index (χ1v) is 4.86. The largest absolute Gasteiger partial charge is 0.481 e. The topological polar surface area (TPSA) is 70.3 Å². The van der Waals surface area contributed by atoms with Gasteiger partial charge in [0, 0.05) is 11.1 Å². The first kappa shape index (κ1) is 14.8. The van der Waals surface area contributed by atoms with Gasteiger partial charge >= 0.3 is 12.6 Å². The lowest BCUT2D eigenvalue weighted by molar-refractivity contribution is -0.136. The number of rotatable bonds is 5. The third-order valence-electron chi connectivity index (χ3n) is 2.15. The van der Waals surface area contributed by atoms with E-state index in [1.54, 1.807) is 0 Å². The van der Waals surface area contributed by atoms with Gasteiger partial charge in [0.05, 0.1) is 18.1 Å². The molecule has 0 spiro atoms. The van der Waals surface area contributed by atoms with Gasteiger partial charge in [-0.2, -0.15) is 14.0 Å². The van der Waals surface area contributed by atoms with Crippen LogP contribution in [0.5, 0.6) is 5.75 Å². The predicted octanol–water partition coefficient (Wildman–Crippen LogP) is 2.72. The van der Waals surface area contributed by atoms with E-state index in [9.17, 15) is 22.4 Å². The minimum atomic E-state index is -3.31. The summed E-state index contributed by atoms with van der Waals surface area (Å²) in [5, 5.41) is 17.2. The zero-order chi connectivity index (χ0) is 14.6. The fourth-order valence-electron chi connectivity index (χ4n) is 1.47. The summed E-state index contributed by atoms with van der Waals surface area (Å²) in [4.78, 5) is 10.6. The molecule has 8 heteroatoms. The van der Waals surface area contributed by atoms with Gasteiger partial charge in [-0.05, 0) is 12.1 Å². The van der Waals surface area contributed by atoms with Gasteiger partial charge in [0.15, 0.2) is 0 Å². The van der Waals surface area contributed by atoms with Crippen LogP contribution in [0, 0.1) is 11.3 Å². The van der Waals surface area contributed by atoms with E-state index in [0.29, 0.717) is 0 Å². The van der Waals surface area contributed by atoms with Crippen molar-refractivity contribution < 1.29 is 32.2 Å².